The minimum atomic E-state index is -0.978. The van der Waals surface area contributed by atoms with E-state index in [0.29, 0.717) is 29.2 Å². The van der Waals surface area contributed by atoms with Crippen LogP contribution in [0.2, 0.25) is 0 Å². The Morgan fingerprint density at radius 2 is 1.72 bits per heavy atom. The fraction of sp³-hybridized carbons (Fsp3) is 0.296. The number of rotatable bonds is 3. The SMILES string of the molecule is O=C(Nc1ccc(F)c(F)c1)c1ccc2c(c1)[C@H]1[C@H]3CC[C@H](C3)[C@H]1[C@@H](c1ccccc1)N2. The number of fused-ring (bicyclic) bond motifs is 7. The minimum absolute atomic E-state index is 0.242. The Bertz CT molecular complexity index is 1200. The molecule has 2 aliphatic carbocycles. The molecule has 3 aliphatic rings. The van der Waals surface area contributed by atoms with Crippen molar-refractivity contribution < 1.29 is 13.6 Å². The van der Waals surface area contributed by atoms with Gasteiger partial charge in [-0.15, -0.1) is 0 Å². The molecule has 0 unspecified atom stereocenters. The molecule has 0 aromatic heterocycles. The standard InChI is InChI=1S/C27H24F2N2O/c28-21-10-9-19(14-22(21)29)30-27(32)18-8-11-23-20(13-18)24-16-6-7-17(12-16)25(24)26(31-23)15-4-2-1-3-5-15/h1-5,8-11,13-14,16-17,24-26,31H,6-7,12H2,(H,30,32)/t16-,17+,24+,25+,26+/m0/s1. The number of hydrogen-bond donors (Lipinski definition) is 2. The second-order valence-electron chi connectivity index (χ2n) is 9.35. The monoisotopic (exact) mass is 430 g/mol. The molecule has 3 aromatic rings. The Hall–Kier alpha value is -3.21. The summed E-state index contributed by atoms with van der Waals surface area (Å²) in [5.74, 6) is 0.0903. The topological polar surface area (TPSA) is 41.1 Å². The summed E-state index contributed by atoms with van der Waals surface area (Å²) in [5, 5.41) is 6.47. The van der Waals surface area contributed by atoms with Gasteiger partial charge in [-0.3, -0.25) is 4.79 Å². The molecule has 32 heavy (non-hydrogen) atoms. The third kappa shape index (κ3) is 3.10. The van der Waals surface area contributed by atoms with Gasteiger partial charge in [0.1, 0.15) is 0 Å². The summed E-state index contributed by atoms with van der Waals surface area (Å²) in [5.41, 5.74) is 4.41. The van der Waals surface area contributed by atoms with Gasteiger partial charge < -0.3 is 10.6 Å². The van der Waals surface area contributed by atoms with Crippen LogP contribution in [0.25, 0.3) is 0 Å². The molecule has 2 fully saturated rings. The average Bonchev–Trinajstić information content (AvgIpc) is 3.44. The Morgan fingerprint density at radius 1 is 0.906 bits per heavy atom. The van der Waals surface area contributed by atoms with Crippen LogP contribution in [-0.2, 0) is 0 Å². The van der Waals surface area contributed by atoms with Crippen LogP contribution >= 0.6 is 0 Å². The fourth-order valence-electron chi connectivity index (χ4n) is 6.39. The molecule has 5 atom stereocenters. The number of anilines is 2. The number of amides is 1. The van der Waals surface area contributed by atoms with Gasteiger partial charge in [-0.1, -0.05) is 30.3 Å². The maximum Gasteiger partial charge on any atom is 0.255 e. The highest BCUT2D eigenvalue weighted by Gasteiger charge is 2.53. The second-order valence-corrected chi connectivity index (χ2v) is 9.35. The van der Waals surface area contributed by atoms with Gasteiger partial charge in [0.2, 0.25) is 0 Å². The van der Waals surface area contributed by atoms with Gasteiger partial charge >= 0.3 is 0 Å². The molecule has 1 amide bonds. The summed E-state index contributed by atoms with van der Waals surface area (Å²) in [4.78, 5) is 12.9. The number of benzene rings is 3. The Balaban J connectivity index is 1.34. The molecular weight excluding hydrogens is 406 g/mol. The predicted molar refractivity (Wildman–Crippen MR) is 121 cm³/mol. The fourth-order valence-corrected chi connectivity index (χ4v) is 6.39. The normalized spacial score (nSPS) is 27.4. The molecule has 5 heteroatoms. The molecule has 2 N–H and O–H groups in total. The molecular formula is C27H24F2N2O. The average molecular weight is 430 g/mol. The van der Waals surface area contributed by atoms with Crippen LogP contribution in [0.1, 0.15) is 52.7 Å². The minimum Gasteiger partial charge on any atom is -0.378 e. The molecule has 0 radical (unpaired) electrons. The first-order valence-corrected chi connectivity index (χ1v) is 11.3. The van der Waals surface area contributed by atoms with E-state index < -0.39 is 11.6 Å². The van der Waals surface area contributed by atoms with E-state index in [-0.39, 0.29) is 17.6 Å². The van der Waals surface area contributed by atoms with Gasteiger partial charge in [-0.25, -0.2) is 8.78 Å². The number of carbonyl (C=O) groups is 1. The molecule has 3 nitrogen and oxygen atoms in total. The zero-order valence-corrected chi connectivity index (χ0v) is 17.5. The van der Waals surface area contributed by atoms with Crippen molar-refractivity contribution in [3.8, 4) is 0 Å². The molecule has 6 rings (SSSR count). The van der Waals surface area contributed by atoms with Crippen LogP contribution in [0.3, 0.4) is 0 Å². The van der Waals surface area contributed by atoms with E-state index in [2.05, 4.69) is 41.0 Å². The zero-order chi connectivity index (χ0) is 21.8. The van der Waals surface area contributed by atoms with E-state index in [4.69, 9.17) is 0 Å². The molecule has 162 valence electrons. The first kappa shape index (κ1) is 19.5. The number of nitrogens with one attached hydrogen (secondary N) is 2. The highest BCUT2D eigenvalue weighted by atomic mass is 19.2. The van der Waals surface area contributed by atoms with Crippen LogP contribution in [0, 0.1) is 29.4 Å². The van der Waals surface area contributed by atoms with Crippen molar-refractivity contribution in [1.82, 2.24) is 0 Å². The number of halogens is 2. The van der Waals surface area contributed by atoms with Gasteiger partial charge in [0.25, 0.3) is 5.91 Å². The first-order valence-electron chi connectivity index (χ1n) is 11.3. The molecule has 1 aliphatic heterocycles. The van der Waals surface area contributed by atoms with E-state index in [0.717, 1.165) is 17.8 Å². The van der Waals surface area contributed by atoms with Gasteiger partial charge in [0, 0.05) is 23.0 Å². The third-order valence-electron chi connectivity index (χ3n) is 7.69. The largest absolute Gasteiger partial charge is 0.378 e. The van der Waals surface area contributed by atoms with Crippen LogP contribution in [0.5, 0.6) is 0 Å². The van der Waals surface area contributed by atoms with E-state index >= 15 is 0 Å². The lowest BCUT2D eigenvalue weighted by Gasteiger charge is -2.43. The molecule has 2 saturated carbocycles. The van der Waals surface area contributed by atoms with Crippen LogP contribution in [0.15, 0.2) is 66.7 Å². The van der Waals surface area contributed by atoms with E-state index in [1.807, 2.05) is 12.1 Å². The second kappa shape index (κ2) is 7.44. The zero-order valence-electron chi connectivity index (χ0n) is 17.5. The van der Waals surface area contributed by atoms with E-state index in [9.17, 15) is 13.6 Å². The van der Waals surface area contributed by atoms with Gasteiger partial charge in [-0.2, -0.15) is 0 Å². The Kier molecular flexibility index (Phi) is 4.53. The maximum absolute atomic E-state index is 13.5. The molecule has 2 bridgehead atoms. The van der Waals surface area contributed by atoms with Crippen molar-refractivity contribution in [3.05, 3.63) is 95.1 Å². The highest BCUT2D eigenvalue weighted by molar-refractivity contribution is 6.04. The summed E-state index contributed by atoms with van der Waals surface area (Å²) in [7, 11) is 0. The smallest absolute Gasteiger partial charge is 0.255 e. The maximum atomic E-state index is 13.5. The van der Waals surface area contributed by atoms with Crippen LogP contribution in [-0.4, -0.2) is 5.91 Å². The van der Waals surface area contributed by atoms with Crippen LogP contribution < -0.4 is 10.6 Å². The summed E-state index contributed by atoms with van der Waals surface area (Å²) in [6.07, 6.45) is 3.78. The molecule has 0 spiro atoms. The molecule has 3 aromatic carbocycles. The number of hydrogen-bond acceptors (Lipinski definition) is 2. The number of carbonyl (C=O) groups excluding carboxylic acids is 1. The van der Waals surface area contributed by atoms with Gasteiger partial charge in [0.15, 0.2) is 11.6 Å². The third-order valence-corrected chi connectivity index (χ3v) is 7.69. The summed E-state index contributed by atoms with van der Waals surface area (Å²) < 4.78 is 26.7. The quantitative estimate of drug-likeness (QED) is 0.497. The lowest BCUT2D eigenvalue weighted by atomic mass is 9.68. The van der Waals surface area contributed by atoms with Crippen LogP contribution in [0.4, 0.5) is 20.2 Å². The van der Waals surface area contributed by atoms with Crippen molar-refractivity contribution in [2.24, 2.45) is 17.8 Å². The van der Waals surface area contributed by atoms with Crippen molar-refractivity contribution in [2.75, 3.05) is 10.6 Å². The first-order chi connectivity index (χ1) is 15.6. The van der Waals surface area contributed by atoms with Crippen molar-refractivity contribution in [1.29, 1.82) is 0 Å². The van der Waals surface area contributed by atoms with E-state index in [1.54, 1.807) is 6.07 Å². The summed E-state index contributed by atoms with van der Waals surface area (Å²) in [6, 6.07) is 20.1. The van der Waals surface area contributed by atoms with E-state index in [1.165, 1.54) is 36.5 Å². The lowest BCUT2D eigenvalue weighted by molar-refractivity contribution is 0.102. The van der Waals surface area contributed by atoms with Crippen molar-refractivity contribution in [3.63, 3.8) is 0 Å². The molecule has 1 heterocycles. The van der Waals surface area contributed by atoms with Crippen molar-refractivity contribution >= 4 is 17.3 Å². The summed E-state index contributed by atoms with van der Waals surface area (Å²) in [6.45, 7) is 0. The summed E-state index contributed by atoms with van der Waals surface area (Å²) >= 11 is 0. The van der Waals surface area contributed by atoms with Gasteiger partial charge in [-0.05, 0) is 84.4 Å². The van der Waals surface area contributed by atoms with Gasteiger partial charge in [0.05, 0.1) is 6.04 Å². The lowest BCUT2D eigenvalue weighted by Crippen LogP contribution is -2.35. The Morgan fingerprint density at radius 3 is 2.53 bits per heavy atom. The van der Waals surface area contributed by atoms with Crippen molar-refractivity contribution in [2.45, 2.75) is 31.2 Å². The highest BCUT2D eigenvalue weighted by Crippen LogP contribution is 2.63. The molecule has 0 saturated heterocycles. The Labute approximate surface area is 185 Å². The predicted octanol–water partition coefficient (Wildman–Crippen LogP) is 6.51.